The highest BCUT2D eigenvalue weighted by Crippen LogP contribution is 2.45. The summed E-state index contributed by atoms with van der Waals surface area (Å²) in [6, 6.07) is 69.4. The number of benzene rings is 8. The predicted molar refractivity (Wildman–Crippen MR) is 239 cm³/mol. The molecule has 2 aromatic heterocycles. The van der Waals surface area contributed by atoms with E-state index >= 15 is 0 Å². The fraction of sp³-hybridized carbons (Fsp3) is 0.0741. The van der Waals surface area contributed by atoms with Gasteiger partial charge in [0, 0.05) is 38.5 Å². The lowest BCUT2D eigenvalue weighted by atomic mass is 9.98. The Morgan fingerprint density at radius 3 is 1.39 bits per heavy atom. The molecular weight excluding hydrogens is 725 g/mol. The number of fused-ring (bicyclic) bond motifs is 7. The lowest BCUT2D eigenvalue weighted by molar-refractivity contribution is -0.0698. The molecular formula is C54H38N2O3. The quantitative estimate of drug-likeness (QED) is 0.169. The monoisotopic (exact) mass is 762 g/mol. The highest BCUT2D eigenvalue weighted by atomic mass is 16.6. The first-order valence-electron chi connectivity index (χ1n) is 20.3. The van der Waals surface area contributed by atoms with E-state index in [0.717, 1.165) is 45.1 Å². The molecule has 2 unspecified atom stereocenters. The topological polar surface area (TPSA) is 37.5 Å². The summed E-state index contributed by atoms with van der Waals surface area (Å²) in [5, 5.41) is 4.95. The van der Waals surface area contributed by atoms with Gasteiger partial charge in [-0.1, -0.05) is 133 Å². The number of hydrogen-bond donors (Lipinski definition) is 0. The Kier molecular flexibility index (Phi) is 7.81. The molecule has 12 rings (SSSR count). The minimum Gasteiger partial charge on any atom is -0.489 e. The molecule has 2 aliphatic heterocycles. The van der Waals surface area contributed by atoms with E-state index in [1.165, 1.54) is 54.7 Å². The maximum Gasteiger partial charge on any atom is 0.171 e. The molecule has 5 heteroatoms. The molecule has 1 saturated heterocycles. The van der Waals surface area contributed by atoms with Crippen molar-refractivity contribution in [1.29, 1.82) is 0 Å². The third-order valence-corrected chi connectivity index (χ3v) is 12.1. The maximum absolute atomic E-state index is 6.80. The summed E-state index contributed by atoms with van der Waals surface area (Å²) in [5.41, 5.74) is 13.8. The fourth-order valence-corrected chi connectivity index (χ4v) is 9.30. The van der Waals surface area contributed by atoms with Crippen LogP contribution in [0.15, 0.2) is 200 Å². The first-order chi connectivity index (χ1) is 29.3. The second-order valence-electron chi connectivity index (χ2n) is 15.4. The van der Waals surface area contributed by atoms with Gasteiger partial charge in [-0.25, -0.2) is 0 Å². The number of nitrogens with zero attached hydrogens (tertiary/aromatic N) is 2. The van der Waals surface area contributed by atoms with Crippen LogP contribution in [-0.2, 0) is 14.2 Å². The Morgan fingerprint density at radius 2 is 0.831 bits per heavy atom. The number of aromatic nitrogens is 2. The molecule has 5 nitrogen and oxygen atoms in total. The molecule has 2 aliphatic rings. The average Bonchev–Trinajstić information content (AvgIpc) is 3.97. The van der Waals surface area contributed by atoms with E-state index in [-0.39, 0.29) is 12.2 Å². The molecule has 10 aromatic rings. The SMILES string of the molecule is c1ccc(-n2c3ccccc3c3cc(-c4ccc(C5=C6OCCOC6C(c6ccc(-c7ccc8c(c7)c7ccccc7n8-c7ccccc7)cc6)O5)cc4)ccc32)cc1. The van der Waals surface area contributed by atoms with Crippen molar-refractivity contribution in [1.82, 2.24) is 9.13 Å². The molecule has 4 heterocycles. The molecule has 0 amide bonds. The Morgan fingerprint density at radius 1 is 0.373 bits per heavy atom. The molecule has 8 aromatic carbocycles. The van der Waals surface area contributed by atoms with Crippen LogP contribution in [0.25, 0.3) is 83.0 Å². The van der Waals surface area contributed by atoms with E-state index in [1.54, 1.807) is 0 Å². The van der Waals surface area contributed by atoms with Crippen LogP contribution in [0.5, 0.6) is 0 Å². The zero-order valence-electron chi connectivity index (χ0n) is 32.2. The van der Waals surface area contributed by atoms with Crippen molar-refractivity contribution < 1.29 is 14.2 Å². The van der Waals surface area contributed by atoms with Crippen LogP contribution in [0.4, 0.5) is 0 Å². The summed E-state index contributed by atoms with van der Waals surface area (Å²) < 4.78 is 24.1. The third kappa shape index (κ3) is 5.50. The summed E-state index contributed by atoms with van der Waals surface area (Å²) in [6.07, 6.45) is -0.626. The van der Waals surface area contributed by atoms with Crippen molar-refractivity contribution in [3.8, 4) is 33.6 Å². The summed E-state index contributed by atoms with van der Waals surface area (Å²) in [6.45, 7) is 1.03. The first-order valence-corrected chi connectivity index (χ1v) is 20.3. The summed E-state index contributed by atoms with van der Waals surface area (Å²) >= 11 is 0. The van der Waals surface area contributed by atoms with Crippen molar-refractivity contribution in [2.75, 3.05) is 13.2 Å². The second kappa shape index (κ2) is 13.7. The minimum atomic E-state index is -0.315. The van der Waals surface area contributed by atoms with Gasteiger partial charge in [-0.15, -0.1) is 0 Å². The van der Waals surface area contributed by atoms with Crippen LogP contribution in [0.3, 0.4) is 0 Å². The standard InChI is InChI=1S/C54H38N2O3/c1-3-11-41(12-4-1)55-47-17-9-7-15-43(47)45-33-39(27-29-49(45)55)35-19-23-37(24-20-35)51-53-54(58-32-31-57-53)52(59-51)38-25-21-36(22-26-38)40-28-30-50-46(34-40)44-16-8-10-18-48(44)56(50)42-13-5-2-6-14-42/h1-30,33-34,51,53H,31-32H2. The molecule has 0 N–H and O–H groups in total. The Hall–Kier alpha value is -7.34. The molecule has 0 saturated carbocycles. The number of para-hydroxylation sites is 4. The maximum atomic E-state index is 6.80. The zero-order chi connectivity index (χ0) is 38.9. The van der Waals surface area contributed by atoms with Gasteiger partial charge in [0.05, 0.1) is 28.7 Å². The Bertz CT molecular complexity index is 3230. The van der Waals surface area contributed by atoms with Gasteiger partial charge in [-0.3, -0.25) is 0 Å². The van der Waals surface area contributed by atoms with E-state index in [4.69, 9.17) is 14.2 Å². The van der Waals surface area contributed by atoms with E-state index in [0.29, 0.717) is 13.2 Å². The van der Waals surface area contributed by atoms with E-state index in [1.807, 2.05) is 0 Å². The normalized spacial score (nSPS) is 16.5. The molecule has 282 valence electrons. The molecule has 2 atom stereocenters. The van der Waals surface area contributed by atoms with Gasteiger partial charge in [0.15, 0.2) is 23.7 Å². The number of hydrogen-bond acceptors (Lipinski definition) is 3. The summed E-state index contributed by atoms with van der Waals surface area (Å²) in [4.78, 5) is 0. The summed E-state index contributed by atoms with van der Waals surface area (Å²) in [5.74, 6) is 1.52. The third-order valence-electron chi connectivity index (χ3n) is 12.1. The van der Waals surface area contributed by atoms with Crippen LogP contribution < -0.4 is 0 Å². The molecule has 0 spiro atoms. The molecule has 0 aliphatic carbocycles. The second-order valence-corrected chi connectivity index (χ2v) is 15.4. The van der Waals surface area contributed by atoms with Crippen LogP contribution in [-0.4, -0.2) is 28.5 Å². The molecule has 1 fully saturated rings. The van der Waals surface area contributed by atoms with Crippen molar-refractivity contribution in [2.24, 2.45) is 0 Å². The van der Waals surface area contributed by atoms with E-state index < -0.39 is 0 Å². The molecule has 0 bridgehead atoms. The number of rotatable bonds is 6. The largest absolute Gasteiger partial charge is 0.489 e. The van der Waals surface area contributed by atoms with Crippen LogP contribution in [0.1, 0.15) is 17.2 Å². The van der Waals surface area contributed by atoms with Crippen LogP contribution >= 0.6 is 0 Å². The van der Waals surface area contributed by atoms with Crippen molar-refractivity contribution in [3.05, 3.63) is 211 Å². The molecule has 59 heavy (non-hydrogen) atoms. The van der Waals surface area contributed by atoms with Gasteiger partial charge >= 0.3 is 0 Å². The minimum absolute atomic E-state index is 0.311. The Balaban J connectivity index is 0.836. The van der Waals surface area contributed by atoms with Crippen molar-refractivity contribution in [3.63, 3.8) is 0 Å². The van der Waals surface area contributed by atoms with Crippen LogP contribution in [0, 0.1) is 0 Å². The van der Waals surface area contributed by atoms with Gasteiger partial charge < -0.3 is 23.3 Å². The van der Waals surface area contributed by atoms with Gasteiger partial charge in [-0.2, -0.15) is 0 Å². The predicted octanol–water partition coefficient (Wildman–Crippen LogP) is 13.1. The first kappa shape index (κ1) is 33.8. The van der Waals surface area contributed by atoms with Gasteiger partial charge in [0.2, 0.25) is 0 Å². The van der Waals surface area contributed by atoms with Crippen LogP contribution in [0.2, 0.25) is 0 Å². The smallest absolute Gasteiger partial charge is 0.171 e. The highest BCUT2D eigenvalue weighted by molar-refractivity contribution is 6.11. The van der Waals surface area contributed by atoms with Crippen molar-refractivity contribution in [2.45, 2.75) is 12.2 Å². The van der Waals surface area contributed by atoms with Gasteiger partial charge in [0.25, 0.3) is 0 Å². The fourth-order valence-electron chi connectivity index (χ4n) is 9.30. The highest BCUT2D eigenvalue weighted by Gasteiger charge is 2.42. The van der Waals surface area contributed by atoms with Gasteiger partial charge in [-0.05, 0) is 88.5 Å². The van der Waals surface area contributed by atoms with Gasteiger partial charge in [0.1, 0.15) is 6.61 Å². The molecule has 0 radical (unpaired) electrons. The average molecular weight is 763 g/mol. The number of ether oxygens (including phenoxy) is 3. The lowest BCUT2D eigenvalue weighted by Crippen LogP contribution is -2.29. The lowest BCUT2D eigenvalue weighted by Gasteiger charge is -2.25. The van der Waals surface area contributed by atoms with E-state index in [2.05, 4.69) is 203 Å². The zero-order valence-corrected chi connectivity index (χ0v) is 32.2. The van der Waals surface area contributed by atoms with Crippen molar-refractivity contribution >= 4 is 49.4 Å². The van der Waals surface area contributed by atoms with E-state index in [9.17, 15) is 0 Å². The Labute approximate surface area is 341 Å². The summed E-state index contributed by atoms with van der Waals surface area (Å²) in [7, 11) is 0.